The normalized spacial score (nSPS) is 25.7. The molecule has 16 heavy (non-hydrogen) atoms. The molecule has 1 fully saturated rings. The third-order valence-electron chi connectivity index (χ3n) is 3.45. The molecule has 0 spiro atoms. The van der Waals surface area contributed by atoms with Crippen LogP contribution < -0.4 is 5.32 Å². The maximum Gasteiger partial charge on any atom is 0.0423 e. The highest BCUT2D eigenvalue weighted by molar-refractivity contribution is 6.34. The number of rotatable bonds is 2. The molecular weight excluding hydrogens is 241 g/mol. The number of benzene rings is 1. The molecule has 1 N–H and O–H groups in total. The Kier molecular flexibility index (Phi) is 4.12. The van der Waals surface area contributed by atoms with E-state index < -0.39 is 0 Å². The molecule has 0 saturated carbocycles. The van der Waals surface area contributed by atoms with E-state index in [-0.39, 0.29) is 0 Å². The first-order valence-corrected chi connectivity index (χ1v) is 6.63. The lowest BCUT2D eigenvalue weighted by Gasteiger charge is -2.32. The smallest absolute Gasteiger partial charge is 0.0423 e. The van der Waals surface area contributed by atoms with E-state index in [0.29, 0.717) is 11.8 Å². The summed E-state index contributed by atoms with van der Waals surface area (Å²) in [6, 6.07) is 5.92. The second-order valence-corrected chi connectivity index (χ2v) is 5.34. The molecular formula is C13H17Cl2N. The zero-order valence-electron chi connectivity index (χ0n) is 9.47. The van der Waals surface area contributed by atoms with Gasteiger partial charge < -0.3 is 5.32 Å². The van der Waals surface area contributed by atoms with Gasteiger partial charge in [0.15, 0.2) is 0 Å². The number of halogens is 2. The van der Waals surface area contributed by atoms with Crippen LogP contribution in [0.1, 0.15) is 31.2 Å². The summed E-state index contributed by atoms with van der Waals surface area (Å²) < 4.78 is 0. The summed E-state index contributed by atoms with van der Waals surface area (Å²) >= 11 is 12.1. The van der Waals surface area contributed by atoms with Crippen LogP contribution in [0, 0.1) is 5.92 Å². The maximum atomic E-state index is 6.06. The molecule has 1 aliphatic heterocycles. The van der Waals surface area contributed by atoms with Crippen molar-refractivity contribution in [3.8, 4) is 0 Å². The van der Waals surface area contributed by atoms with Gasteiger partial charge in [0.25, 0.3) is 0 Å². The fourth-order valence-corrected chi connectivity index (χ4v) is 3.12. The Hall–Kier alpha value is -0.240. The van der Waals surface area contributed by atoms with Crippen molar-refractivity contribution in [1.29, 1.82) is 0 Å². The Morgan fingerprint density at radius 2 is 1.94 bits per heavy atom. The number of hydrogen-bond donors (Lipinski definition) is 1. The predicted octanol–water partition coefficient (Wildman–Crippen LogP) is 4.10. The van der Waals surface area contributed by atoms with E-state index in [0.717, 1.165) is 23.1 Å². The van der Waals surface area contributed by atoms with Crippen LogP contribution in [0.3, 0.4) is 0 Å². The van der Waals surface area contributed by atoms with Crippen LogP contribution in [0.2, 0.25) is 10.0 Å². The average Bonchev–Trinajstić information content (AvgIpc) is 2.27. The third kappa shape index (κ3) is 2.71. The largest absolute Gasteiger partial charge is 0.316 e. The minimum absolute atomic E-state index is 0.599. The number of piperidine rings is 1. The summed E-state index contributed by atoms with van der Waals surface area (Å²) in [7, 11) is 0. The van der Waals surface area contributed by atoms with Crippen LogP contribution in [0.15, 0.2) is 18.2 Å². The van der Waals surface area contributed by atoms with Gasteiger partial charge in [-0.25, -0.2) is 0 Å². The molecule has 1 aromatic rings. The molecule has 1 saturated heterocycles. The Labute approximate surface area is 107 Å². The highest BCUT2D eigenvalue weighted by atomic mass is 35.5. The monoisotopic (exact) mass is 257 g/mol. The highest BCUT2D eigenvalue weighted by Crippen LogP contribution is 2.34. The average molecular weight is 258 g/mol. The van der Waals surface area contributed by atoms with E-state index in [1.807, 2.05) is 0 Å². The van der Waals surface area contributed by atoms with Crippen LogP contribution in [-0.2, 0) is 0 Å². The van der Waals surface area contributed by atoms with E-state index in [9.17, 15) is 0 Å². The molecule has 1 nitrogen and oxygen atoms in total. The molecule has 3 heteroatoms. The second-order valence-electron chi connectivity index (χ2n) is 4.47. The molecule has 2 atom stereocenters. The quantitative estimate of drug-likeness (QED) is 0.842. The summed E-state index contributed by atoms with van der Waals surface area (Å²) in [6.07, 6.45) is 2.37. The zero-order chi connectivity index (χ0) is 11.5. The van der Waals surface area contributed by atoms with Gasteiger partial charge in [0.05, 0.1) is 0 Å². The lowest BCUT2D eigenvalue weighted by Crippen LogP contribution is -2.35. The Bertz CT molecular complexity index is 345. The summed E-state index contributed by atoms with van der Waals surface area (Å²) in [5.41, 5.74) is 1.30. The van der Waals surface area contributed by atoms with Gasteiger partial charge >= 0.3 is 0 Å². The van der Waals surface area contributed by atoms with Gasteiger partial charge in [0.2, 0.25) is 0 Å². The first-order valence-electron chi connectivity index (χ1n) is 5.87. The van der Waals surface area contributed by atoms with Crippen LogP contribution in [-0.4, -0.2) is 13.1 Å². The van der Waals surface area contributed by atoms with Gasteiger partial charge in [-0.15, -0.1) is 0 Å². The minimum atomic E-state index is 0.599. The lowest BCUT2D eigenvalue weighted by atomic mass is 9.80. The Balaban J connectivity index is 2.26. The topological polar surface area (TPSA) is 12.0 Å². The van der Waals surface area contributed by atoms with Crippen molar-refractivity contribution in [2.24, 2.45) is 5.92 Å². The summed E-state index contributed by atoms with van der Waals surface area (Å²) in [6.45, 7) is 4.44. The number of nitrogens with one attached hydrogen (secondary N) is 1. The molecule has 0 amide bonds. The maximum absolute atomic E-state index is 6.06. The van der Waals surface area contributed by atoms with Gasteiger partial charge in [-0.05, 0) is 55.1 Å². The van der Waals surface area contributed by atoms with Crippen LogP contribution in [0.5, 0.6) is 0 Å². The van der Waals surface area contributed by atoms with Crippen molar-refractivity contribution in [1.82, 2.24) is 5.32 Å². The van der Waals surface area contributed by atoms with E-state index >= 15 is 0 Å². The summed E-state index contributed by atoms with van der Waals surface area (Å²) in [4.78, 5) is 0. The first kappa shape index (κ1) is 12.2. The van der Waals surface area contributed by atoms with Crippen molar-refractivity contribution in [3.05, 3.63) is 33.8 Å². The highest BCUT2D eigenvalue weighted by Gasteiger charge is 2.25. The van der Waals surface area contributed by atoms with E-state index in [2.05, 4.69) is 24.4 Å². The molecule has 0 aliphatic carbocycles. The molecule has 2 rings (SSSR count). The summed E-state index contributed by atoms with van der Waals surface area (Å²) in [5, 5.41) is 4.94. The van der Waals surface area contributed by atoms with Crippen LogP contribution in [0.25, 0.3) is 0 Å². The Morgan fingerprint density at radius 3 is 2.56 bits per heavy atom. The van der Waals surface area contributed by atoms with Crippen LogP contribution >= 0.6 is 23.2 Å². The molecule has 2 unspecified atom stereocenters. The van der Waals surface area contributed by atoms with E-state index in [4.69, 9.17) is 23.2 Å². The number of hydrogen-bond acceptors (Lipinski definition) is 1. The van der Waals surface area contributed by atoms with E-state index in [1.165, 1.54) is 18.4 Å². The summed E-state index contributed by atoms with van der Waals surface area (Å²) in [5.74, 6) is 1.30. The fourth-order valence-electron chi connectivity index (χ4n) is 2.58. The molecule has 1 aromatic carbocycles. The second kappa shape index (κ2) is 5.39. The van der Waals surface area contributed by atoms with Crippen LogP contribution in [0.4, 0.5) is 0 Å². The van der Waals surface area contributed by atoms with Crippen molar-refractivity contribution in [2.45, 2.75) is 25.7 Å². The van der Waals surface area contributed by atoms with Crippen molar-refractivity contribution >= 4 is 23.2 Å². The van der Waals surface area contributed by atoms with Crippen molar-refractivity contribution in [2.75, 3.05) is 13.1 Å². The van der Waals surface area contributed by atoms with Gasteiger partial charge in [0, 0.05) is 10.0 Å². The molecule has 0 bridgehead atoms. The van der Waals surface area contributed by atoms with Crippen molar-refractivity contribution in [3.63, 3.8) is 0 Å². The van der Waals surface area contributed by atoms with Gasteiger partial charge in [-0.2, -0.15) is 0 Å². The SMILES string of the molecule is CCC1CNCCC1c1cc(Cl)cc(Cl)c1. The Morgan fingerprint density at radius 1 is 1.25 bits per heavy atom. The lowest BCUT2D eigenvalue weighted by molar-refractivity contribution is 0.318. The van der Waals surface area contributed by atoms with Gasteiger partial charge in [-0.3, -0.25) is 0 Å². The van der Waals surface area contributed by atoms with E-state index in [1.54, 1.807) is 6.07 Å². The van der Waals surface area contributed by atoms with Gasteiger partial charge in [-0.1, -0.05) is 36.5 Å². The first-order chi connectivity index (χ1) is 7.70. The zero-order valence-corrected chi connectivity index (χ0v) is 11.0. The van der Waals surface area contributed by atoms with Crippen molar-refractivity contribution < 1.29 is 0 Å². The fraction of sp³-hybridized carbons (Fsp3) is 0.538. The molecule has 88 valence electrons. The molecule has 0 radical (unpaired) electrons. The molecule has 0 aromatic heterocycles. The van der Waals surface area contributed by atoms with Gasteiger partial charge in [0.1, 0.15) is 0 Å². The minimum Gasteiger partial charge on any atom is -0.316 e. The third-order valence-corrected chi connectivity index (χ3v) is 3.88. The predicted molar refractivity (Wildman–Crippen MR) is 70.5 cm³/mol. The molecule has 1 aliphatic rings. The molecule has 1 heterocycles. The standard InChI is InChI=1S/C13H17Cl2N/c1-2-9-8-16-4-3-13(9)10-5-11(14)7-12(15)6-10/h5-7,9,13,16H,2-4,8H2,1H3.